The SMILES string of the molecule is N#CCCN1CCN(Cc2cccc(OCCc3ccccc3)c2)CC1. The van der Waals surface area contributed by atoms with E-state index >= 15 is 0 Å². The predicted molar refractivity (Wildman–Crippen MR) is 104 cm³/mol. The minimum absolute atomic E-state index is 0.627. The Morgan fingerprint density at radius 1 is 0.885 bits per heavy atom. The van der Waals surface area contributed by atoms with Crippen LogP contribution < -0.4 is 4.74 Å². The van der Waals surface area contributed by atoms with Crippen LogP contribution in [0, 0.1) is 11.3 Å². The zero-order valence-electron chi connectivity index (χ0n) is 15.3. The first-order chi connectivity index (χ1) is 12.8. The van der Waals surface area contributed by atoms with E-state index in [1.54, 1.807) is 0 Å². The molecule has 4 nitrogen and oxygen atoms in total. The Morgan fingerprint density at radius 2 is 1.62 bits per heavy atom. The summed E-state index contributed by atoms with van der Waals surface area (Å²) >= 11 is 0. The molecule has 0 bridgehead atoms. The molecule has 0 amide bonds. The maximum Gasteiger partial charge on any atom is 0.119 e. The van der Waals surface area contributed by atoms with Crippen LogP contribution in [0.1, 0.15) is 17.5 Å². The topological polar surface area (TPSA) is 39.5 Å². The summed E-state index contributed by atoms with van der Waals surface area (Å²) in [6, 6.07) is 21.1. The molecule has 0 saturated carbocycles. The van der Waals surface area contributed by atoms with Crippen LogP contribution in [0.2, 0.25) is 0 Å². The molecule has 0 aliphatic carbocycles. The van der Waals surface area contributed by atoms with Crippen molar-refractivity contribution in [2.45, 2.75) is 19.4 Å². The molecule has 2 aromatic carbocycles. The van der Waals surface area contributed by atoms with Gasteiger partial charge in [0.15, 0.2) is 0 Å². The summed E-state index contributed by atoms with van der Waals surface area (Å²) < 4.78 is 5.94. The number of ether oxygens (including phenoxy) is 1. The van der Waals surface area contributed by atoms with Gasteiger partial charge in [0.25, 0.3) is 0 Å². The first-order valence-corrected chi connectivity index (χ1v) is 9.41. The Bertz CT molecular complexity index is 703. The Kier molecular flexibility index (Phi) is 7.06. The average molecular weight is 349 g/mol. The first kappa shape index (κ1) is 18.4. The summed E-state index contributed by atoms with van der Waals surface area (Å²) in [5.74, 6) is 0.950. The van der Waals surface area contributed by atoms with Crippen LogP contribution in [0.3, 0.4) is 0 Å². The van der Waals surface area contributed by atoms with Crippen molar-refractivity contribution in [3.63, 3.8) is 0 Å². The zero-order chi connectivity index (χ0) is 18.0. The molecule has 2 aromatic rings. The molecule has 1 aliphatic rings. The summed E-state index contributed by atoms with van der Waals surface area (Å²) in [7, 11) is 0. The molecule has 136 valence electrons. The fraction of sp³-hybridized carbons (Fsp3) is 0.409. The van der Waals surface area contributed by atoms with Crippen molar-refractivity contribution in [1.82, 2.24) is 9.80 Å². The second-order valence-electron chi connectivity index (χ2n) is 6.76. The molecule has 0 spiro atoms. The van der Waals surface area contributed by atoms with Crippen LogP contribution >= 0.6 is 0 Å². The number of hydrogen-bond donors (Lipinski definition) is 0. The Morgan fingerprint density at radius 3 is 2.38 bits per heavy atom. The maximum atomic E-state index is 8.70. The first-order valence-electron chi connectivity index (χ1n) is 9.41. The second-order valence-corrected chi connectivity index (χ2v) is 6.76. The largest absolute Gasteiger partial charge is 0.493 e. The van der Waals surface area contributed by atoms with E-state index in [1.165, 1.54) is 11.1 Å². The summed E-state index contributed by atoms with van der Waals surface area (Å²) in [6.07, 6.45) is 1.55. The van der Waals surface area contributed by atoms with Crippen molar-refractivity contribution in [2.75, 3.05) is 39.3 Å². The van der Waals surface area contributed by atoms with Gasteiger partial charge in [-0.1, -0.05) is 42.5 Å². The standard InChI is InChI=1S/C22H27N3O/c23-11-5-12-24-13-15-25(16-14-24)19-21-8-4-9-22(18-21)26-17-10-20-6-2-1-3-7-20/h1-4,6-9,18H,5,10,12-17,19H2. The minimum Gasteiger partial charge on any atom is -0.493 e. The van der Waals surface area contributed by atoms with Gasteiger partial charge in [0.2, 0.25) is 0 Å². The molecular weight excluding hydrogens is 322 g/mol. The Balaban J connectivity index is 1.43. The number of piperazine rings is 1. The predicted octanol–water partition coefficient (Wildman–Crippen LogP) is 3.34. The van der Waals surface area contributed by atoms with Crippen LogP contribution in [-0.4, -0.2) is 49.1 Å². The third-order valence-corrected chi connectivity index (χ3v) is 4.81. The van der Waals surface area contributed by atoms with Gasteiger partial charge in [0.05, 0.1) is 12.7 Å². The third-order valence-electron chi connectivity index (χ3n) is 4.81. The lowest BCUT2D eigenvalue weighted by Crippen LogP contribution is -2.46. The van der Waals surface area contributed by atoms with Crippen molar-refractivity contribution in [3.8, 4) is 11.8 Å². The van der Waals surface area contributed by atoms with Gasteiger partial charge in [0, 0.05) is 52.1 Å². The van der Waals surface area contributed by atoms with Gasteiger partial charge in [-0.05, 0) is 23.3 Å². The summed E-state index contributed by atoms with van der Waals surface area (Å²) in [4.78, 5) is 4.86. The van der Waals surface area contributed by atoms with E-state index in [9.17, 15) is 0 Å². The van der Waals surface area contributed by atoms with E-state index < -0.39 is 0 Å². The highest BCUT2D eigenvalue weighted by atomic mass is 16.5. The number of hydrogen-bond acceptors (Lipinski definition) is 4. The minimum atomic E-state index is 0.627. The van der Waals surface area contributed by atoms with Gasteiger partial charge in [-0.2, -0.15) is 5.26 Å². The Hall–Kier alpha value is -2.35. The molecule has 4 heteroatoms. The smallest absolute Gasteiger partial charge is 0.119 e. The van der Waals surface area contributed by atoms with Crippen LogP contribution in [-0.2, 0) is 13.0 Å². The third kappa shape index (κ3) is 5.87. The number of rotatable bonds is 8. The molecule has 0 unspecified atom stereocenters. The molecule has 0 atom stereocenters. The van der Waals surface area contributed by atoms with Crippen molar-refractivity contribution in [3.05, 3.63) is 65.7 Å². The van der Waals surface area contributed by atoms with Crippen LogP contribution in [0.25, 0.3) is 0 Å². The van der Waals surface area contributed by atoms with Crippen molar-refractivity contribution >= 4 is 0 Å². The van der Waals surface area contributed by atoms with E-state index in [0.717, 1.165) is 51.4 Å². The molecule has 0 radical (unpaired) electrons. The molecule has 1 heterocycles. The summed E-state index contributed by atoms with van der Waals surface area (Å²) in [5, 5.41) is 8.70. The van der Waals surface area contributed by atoms with E-state index in [1.807, 2.05) is 12.1 Å². The lowest BCUT2D eigenvalue weighted by molar-refractivity contribution is 0.129. The Labute approximate surface area is 156 Å². The number of nitriles is 1. The van der Waals surface area contributed by atoms with Gasteiger partial charge < -0.3 is 4.74 Å². The van der Waals surface area contributed by atoms with Gasteiger partial charge >= 0.3 is 0 Å². The lowest BCUT2D eigenvalue weighted by atomic mass is 10.1. The van der Waals surface area contributed by atoms with Crippen LogP contribution in [0.4, 0.5) is 0 Å². The van der Waals surface area contributed by atoms with Gasteiger partial charge in [-0.25, -0.2) is 0 Å². The van der Waals surface area contributed by atoms with E-state index in [4.69, 9.17) is 10.00 Å². The van der Waals surface area contributed by atoms with Crippen molar-refractivity contribution in [2.24, 2.45) is 0 Å². The van der Waals surface area contributed by atoms with E-state index in [2.05, 4.69) is 58.3 Å². The van der Waals surface area contributed by atoms with Gasteiger partial charge in [-0.15, -0.1) is 0 Å². The fourth-order valence-electron chi connectivity index (χ4n) is 3.30. The molecule has 26 heavy (non-hydrogen) atoms. The fourth-order valence-corrected chi connectivity index (χ4v) is 3.30. The average Bonchev–Trinajstić information content (AvgIpc) is 2.69. The monoisotopic (exact) mass is 349 g/mol. The maximum absolute atomic E-state index is 8.70. The normalized spacial score (nSPS) is 15.5. The zero-order valence-corrected chi connectivity index (χ0v) is 15.3. The van der Waals surface area contributed by atoms with Crippen molar-refractivity contribution in [1.29, 1.82) is 5.26 Å². The molecule has 3 rings (SSSR count). The highest BCUT2D eigenvalue weighted by Gasteiger charge is 2.16. The molecule has 1 saturated heterocycles. The number of nitrogens with zero attached hydrogens (tertiary/aromatic N) is 3. The summed E-state index contributed by atoms with van der Waals surface area (Å²) in [5.41, 5.74) is 2.60. The van der Waals surface area contributed by atoms with Crippen molar-refractivity contribution < 1.29 is 4.74 Å². The van der Waals surface area contributed by atoms with E-state index in [0.29, 0.717) is 13.0 Å². The molecule has 1 fully saturated rings. The lowest BCUT2D eigenvalue weighted by Gasteiger charge is -2.34. The van der Waals surface area contributed by atoms with E-state index in [-0.39, 0.29) is 0 Å². The van der Waals surface area contributed by atoms with Crippen LogP contribution in [0.15, 0.2) is 54.6 Å². The molecule has 0 N–H and O–H groups in total. The number of benzene rings is 2. The van der Waals surface area contributed by atoms with Gasteiger partial charge in [-0.3, -0.25) is 9.80 Å². The molecular formula is C22H27N3O. The highest BCUT2D eigenvalue weighted by molar-refractivity contribution is 5.28. The summed E-state index contributed by atoms with van der Waals surface area (Å²) in [6.45, 7) is 6.78. The molecule has 0 aromatic heterocycles. The quantitative estimate of drug-likeness (QED) is 0.733. The second kappa shape index (κ2) is 9.96. The molecule has 1 aliphatic heterocycles. The van der Waals surface area contributed by atoms with Gasteiger partial charge in [0.1, 0.15) is 5.75 Å². The highest BCUT2D eigenvalue weighted by Crippen LogP contribution is 2.16. The van der Waals surface area contributed by atoms with Crippen LogP contribution in [0.5, 0.6) is 5.75 Å².